The first kappa shape index (κ1) is 21.4. The molecule has 2 N–H and O–H groups in total. The molecule has 0 bridgehead atoms. The van der Waals surface area contributed by atoms with Crippen molar-refractivity contribution in [1.29, 1.82) is 0 Å². The molecule has 0 unspecified atom stereocenters. The van der Waals surface area contributed by atoms with Crippen LogP contribution in [0.15, 0.2) is 42.5 Å². The summed E-state index contributed by atoms with van der Waals surface area (Å²) in [4.78, 5) is 13.1. The van der Waals surface area contributed by atoms with Crippen LogP contribution in [-0.2, 0) is 0 Å². The molecule has 0 radical (unpaired) electrons. The number of hydrogen-bond donors (Lipinski definition) is 2. The number of rotatable bonds is 6. The second-order valence-corrected chi connectivity index (χ2v) is 8.59. The molecule has 0 spiro atoms. The Morgan fingerprint density at radius 1 is 1.21 bits per heavy atom. The fourth-order valence-corrected chi connectivity index (χ4v) is 4.22. The van der Waals surface area contributed by atoms with Crippen molar-refractivity contribution in [3.8, 4) is 11.5 Å². The Hall–Kier alpha value is -2.35. The van der Waals surface area contributed by atoms with E-state index >= 15 is 0 Å². The van der Waals surface area contributed by atoms with Crippen LogP contribution in [0.25, 0.3) is 10.1 Å². The van der Waals surface area contributed by atoms with Crippen LogP contribution in [0.1, 0.15) is 23.5 Å². The zero-order chi connectivity index (χ0) is 21.0. The lowest BCUT2D eigenvalue weighted by molar-refractivity contribution is 0.0982. The van der Waals surface area contributed by atoms with E-state index in [2.05, 4.69) is 24.5 Å². The van der Waals surface area contributed by atoms with Gasteiger partial charge in [-0.3, -0.25) is 10.1 Å². The van der Waals surface area contributed by atoms with E-state index in [-0.39, 0.29) is 11.0 Å². The molecule has 0 atom stereocenters. The number of thiophene rings is 1. The van der Waals surface area contributed by atoms with Crippen LogP contribution >= 0.6 is 35.2 Å². The third-order valence-corrected chi connectivity index (χ3v) is 5.81. The molecule has 0 saturated heterocycles. The summed E-state index contributed by atoms with van der Waals surface area (Å²) in [6.45, 7) is 4.80. The van der Waals surface area contributed by atoms with E-state index in [1.807, 2.05) is 42.5 Å². The van der Waals surface area contributed by atoms with Gasteiger partial charge in [0.1, 0.15) is 16.4 Å². The Balaban J connectivity index is 1.68. The van der Waals surface area contributed by atoms with Crippen molar-refractivity contribution in [2.45, 2.75) is 13.8 Å². The monoisotopic (exact) mass is 448 g/mol. The summed E-state index contributed by atoms with van der Waals surface area (Å²) in [5, 5.41) is 7.07. The quantitative estimate of drug-likeness (QED) is 0.472. The third-order valence-electron chi connectivity index (χ3n) is 3.95. The smallest absolute Gasteiger partial charge is 0.269 e. The average molecular weight is 449 g/mol. The molecule has 3 rings (SSSR count). The number of nitrogens with one attached hydrogen (secondary N) is 2. The summed E-state index contributed by atoms with van der Waals surface area (Å²) in [5.41, 5.74) is 0.726. The molecule has 0 saturated carbocycles. The van der Waals surface area contributed by atoms with Gasteiger partial charge in [-0.25, -0.2) is 0 Å². The van der Waals surface area contributed by atoms with Crippen LogP contribution in [0.2, 0.25) is 5.02 Å². The zero-order valence-corrected chi connectivity index (χ0v) is 18.6. The minimum absolute atomic E-state index is 0.183. The highest BCUT2D eigenvalue weighted by Gasteiger charge is 2.18. The lowest BCUT2D eigenvalue weighted by atomic mass is 10.2. The van der Waals surface area contributed by atoms with Crippen molar-refractivity contribution in [3.63, 3.8) is 0 Å². The molecule has 1 heterocycles. The molecular weight excluding hydrogens is 428 g/mol. The van der Waals surface area contributed by atoms with Crippen LogP contribution in [0.5, 0.6) is 11.5 Å². The van der Waals surface area contributed by atoms with Gasteiger partial charge in [0.05, 0.1) is 18.7 Å². The molecule has 29 heavy (non-hydrogen) atoms. The fraction of sp³-hybridized carbons (Fsp3) is 0.238. The van der Waals surface area contributed by atoms with Crippen molar-refractivity contribution in [3.05, 3.63) is 52.4 Å². The molecule has 5 nitrogen and oxygen atoms in total. The molecule has 1 amide bonds. The number of anilines is 1. The highest BCUT2D eigenvalue weighted by Crippen LogP contribution is 2.37. The SMILES string of the molecule is COc1ccc2c(Cl)c(C(=O)NC(=S)Nc3cccc(OCC(C)C)c3)sc2c1. The van der Waals surface area contributed by atoms with Crippen LogP contribution in [0.3, 0.4) is 0 Å². The number of carbonyl (C=O) groups excluding carboxylic acids is 1. The molecule has 0 aliphatic rings. The highest BCUT2D eigenvalue weighted by atomic mass is 35.5. The molecule has 152 valence electrons. The molecule has 8 heteroatoms. The first-order chi connectivity index (χ1) is 13.9. The Morgan fingerprint density at radius 2 is 2.00 bits per heavy atom. The number of fused-ring (bicyclic) bond motifs is 1. The predicted molar refractivity (Wildman–Crippen MR) is 124 cm³/mol. The lowest BCUT2D eigenvalue weighted by Crippen LogP contribution is -2.33. The minimum Gasteiger partial charge on any atom is -0.497 e. The fourth-order valence-electron chi connectivity index (χ4n) is 2.57. The molecule has 3 aromatic rings. The lowest BCUT2D eigenvalue weighted by Gasteiger charge is -2.12. The minimum atomic E-state index is -0.361. The number of amides is 1. The Kier molecular flexibility index (Phi) is 6.95. The van der Waals surface area contributed by atoms with Gasteiger partial charge in [-0.1, -0.05) is 31.5 Å². The summed E-state index contributed by atoms with van der Waals surface area (Å²) < 4.78 is 11.8. The van der Waals surface area contributed by atoms with E-state index in [4.69, 9.17) is 33.3 Å². The van der Waals surface area contributed by atoms with E-state index in [1.165, 1.54) is 11.3 Å². The second kappa shape index (κ2) is 9.43. The van der Waals surface area contributed by atoms with E-state index in [0.717, 1.165) is 21.5 Å². The van der Waals surface area contributed by atoms with Gasteiger partial charge in [-0.15, -0.1) is 11.3 Å². The predicted octanol–water partition coefficient (Wildman–Crippen LogP) is 5.72. The summed E-state index contributed by atoms with van der Waals surface area (Å²) >= 11 is 13.0. The van der Waals surface area contributed by atoms with Crippen LogP contribution in [0.4, 0.5) is 5.69 Å². The molecule has 0 aliphatic carbocycles. The molecule has 2 aromatic carbocycles. The van der Waals surface area contributed by atoms with Gasteiger partial charge in [-0.05, 0) is 48.5 Å². The Bertz CT molecular complexity index is 1050. The molecule has 0 fully saturated rings. The number of hydrogen-bond acceptors (Lipinski definition) is 5. The van der Waals surface area contributed by atoms with Gasteiger partial charge in [0.2, 0.25) is 0 Å². The maximum Gasteiger partial charge on any atom is 0.269 e. The van der Waals surface area contributed by atoms with Gasteiger partial charge in [0.15, 0.2) is 5.11 Å². The largest absolute Gasteiger partial charge is 0.497 e. The third kappa shape index (κ3) is 5.38. The van der Waals surface area contributed by atoms with Gasteiger partial charge >= 0.3 is 0 Å². The van der Waals surface area contributed by atoms with Crippen molar-refractivity contribution >= 4 is 61.9 Å². The Morgan fingerprint density at radius 3 is 2.72 bits per heavy atom. The molecule has 1 aromatic heterocycles. The van der Waals surface area contributed by atoms with Crippen molar-refractivity contribution in [1.82, 2.24) is 5.32 Å². The maximum atomic E-state index is 12.7. The van der Waals surface area contributed by atoms with Gasteiger partial charge in [0.25, 0.3) is 5.91 Å². The number of thiocarbonyl (C=S) groups is 1. The van der Waals surface area contributed by atoms with E-state index in [0.29, 0.717) is 28.2 Å². The number of methoxy groups -OCH3 is 1. The number of benzene rings is 2. The highest BCUT2D eigenvalue weighted by molar-refractivity contribution is 7.80. The first-order valence-corrected chi connectivity index (χ1v) is 10.6. The topological polar surface area (TPSA) is 59.6 Å². The molecular formula is C21H21ClN2O3S2. The summed E-state index contributed by atoms with van der Waals surface area (Å²) in [7, 11) is 1.59. The van der Waals surface area contributed by atoms with Crippen molar-refractivity contribution < 1.29 is 14.3 Å². The van der Waals surface area contributed by atoms with Gasteiger partial charge in [-0.2, -0.15) is 0 Å². The number of ether oxygens (including phenoxy) is 2. The van der Waals surface area contributed by atoms with E-state index in [9.17, 15) is 4.79 Å². The summed E-state index contributed by atoms with van der Waals surface area (Å²) in [5.74, 6) is 1.51. The Labute approximate surface area is 184 Å². The average Bonchev–Trinajstić information content (AvgIpc) is 3.02. The number of carbonyl (C=O) groups is 1. The normalized spacial score (nSPS) is 10.8. The van der Waals surface area contributed by atoms with Crippen LogP contribution < -0.4 is 20.1 Å². The standard InChI is InChI=1S/C21H21ClN2O3S2/c1-12(2)11-27-15-6-4-5-13(9-15)23-21(28)24-20(25)19-18(22)16-8-7-14(26-3)10-17(16)29-19/h4-10,12H,11H2,1-3H3,(H2,23,24,25,28). The summed E-state index contributed by atoms with van der Waals surface area (Å²) in [6.07, 6.45) is 0. The number of halogens is 1. The van der Waals surface area contributed by atoms with Crippen LogP contribution in [0, 0.1) is 5.92 Å². The first-order valence-electron chi connectivity index (χ1n) is 8.98. The zero-order valence-electron chi connectivity index (χ0n) is 16.2. The summed E-state index contributed by atoms with van der Waals surface area (Å²) in [6, 6.07) is 12.9. The van der Waals surface area contributed by atoms with Crippen molar-refractivity contribution in [2.75, 3.05) is 19.0 Å². The van der Waals surface area contributed by atoms with Gasteiger partial charge < -0.3 is 14.8 Å². The second-order valence-electron chi connectivity index (χ2n) is 6.75. The molecule has 0 aliphatic heterocycles. The van der Waals surface area contributed by atoms with E-state index in [1.54, 1.807) is 7.11 Å². The maximum absolute atomic E-state index is 12.7. The van der Waals surface area contributed by atoms with E-state index < -0.39 is 0 Å². The van der Waals surface area contributed by atoms with Gasteiger partial charge in [0, 0.05) is 21.8 Å². The van der Waals surface area contributed by atoms with Crippen LogP contribution in [-0.4, -0.2) is 24.7 Å². The van der Waals surface area contributed by atoms with Crippen molar-refractivity contribution in [2.24, 2.45) is 5.92 Å².